The van der Waals surface area contributed by atoms with Crippen LogP contribution in [0.4, 0.5) is 13.2 Å². The monoisotopic (exact) mass is 334 g/mol. The van der Waals surface area contributed by atoms with Gasteiger partial charge in [0.1, 0.15) is 0 Å². The molecule has 0 unspecified atom stereocenters. The molecule has 0 fully saturated rings. The van der Waals surface area contributed by atoms with Crippen LogP contribution in [0.5, 0.6) is 11.5 Å². The SMILES string of the molecule is COc1ccc(Br)cc1OS(=O)(=O)C(F)(F)F. The number of hydrogen-bond acceptors (Lipinski definition) is 4. The lowest BCUT2D eigenvalue weighted by atomic mass is 10.3. The van der Waals surface area contributed by atoms with E-state index in [0.717, 1.165) is 6.07 Å². The minimum Gasteiger partial charge on any atom is -0.493 e. The summed E-state index contributed by atoms with van der Waals surface area (Å²) in [4.78, 5) is 0. The highest BCUT2D eigenvalue weighted by Crippen LogP contribution is 2.34. The molecular formula is C8H6BrF3O4S. The predicted octanol–water partition coefficient (Wildman–Crippen LogP) is 2.69. The lowest BCUT2D eigenvalue weighted by molar-refractivity contribution is -0.0500. The second-order valence-corrected chi connectivity index (χ2v) is 5.23. The molecule has 1 aromatic carbocycles. The molecule has 0 N–H and O–H groups in total. The molecule has 0 aliphatic rings. The summed E-state index contributed by atoms with van der Waals surface area (Å²) in [7, 11) is -4.52. The molecule has 0 saturated heterocycles. The van der Waals surface area contributed by atoms with E-state index in [9.17, 15) is 21.6 Å². The van der Waals surface area contributed by atoms with Crippen LogP contribution in [0.2, 0.25) is 0 Å². The molecule has 9 heteroatoms. The van der Waals surface area contributed by atoms with E-state index < -0.39 is 21.4 Å². The van der Waals surface area contributed by atoms with Gasteiger partial charge in [0.2, 0.25) is 0 Å². The van der Waals surface area contributed by atoms with Crippen molar-refractivity contribution in [1.82, 2.24) is 0 Å². The molecule has 1 rings (SSSR count). The third-order valence-corrected chi connectivity index (χ3v) is 3.07. The molecule has 0 aromatic heterocycles. The van der Waals surface area contributed by atoms with Crippen LogP contribution >= 0.6 is 15.9 Å². The van der Waals surface area contributed by atoms with Gasteiger partial charge in [0, 0.05) is 4.47 Å². The Morgan fingerprint density at radius 2 is 1.82 bits per heavy atom. The van der Waals surface area contributed by atoms with Crippen molar-refractivity contribution in [2.24, 2.45) is 0 Å². The Morgan fingerprint density at radius 1 is 1.24 bits per heavy atom. The van der Waals surface area contributed by atoms with Crippen LogP contribution in [0, 0.1) is 0 Å². The van der Waals surface area contributed by atoms with Crippen molar-refractivity contribution in [3.05, 3.63) is 22.7 Å². The Kier molecular flexibility index (Phi) is 3.92. The lowest BCUT2D eigenvalue weighted by Crippen LogP contribution is -2.28. The first-order valence-electron chi connectivity index (χ1n) is 4.01. The summed E-state index contributed by atoms with van der Waals surface area (Å²) < 4.78 is 66.8. The standard InChI is InChI=1S/C8H6BrF3O4S/c1-15-6-3-2-5(9)4-7(6)16-17(13,14)8(10,11)12/h2-4H,1H3. The Morgan fingerprint density at radius 3 is 2.29 bits per heavy atom. The van der Waals surface area contributed by atoms with Crippen LogP contribution in [-0.2, 0) is 10.1 Å². The smallest absolute Gasteiger partial charge is 0.493 e. The van der Waals surface area contributed by atoms with Gasteiger partial charge in [0.05, 0.1) is 7.11 Å². The summed E-state index contributed by atoms with van der Waals surface area (Å²) in [6, 6.07) is 3.79. The second kappa shape index (κ2) is 4.73. The fourth-order valence-electron chi connectivity index (χ4n) is 0.881. The highest BCUT2D eigenvalue weighted by atomic mass is 79.9. The van der Waals surface area contributed by atoms with Crippen molar-refractivity contribution >= 4 is 26.0 Å². The van der Waals surface area contributed by atoms with Gasteiger partial charge in [-0.2, -0.15) is 21.6 Å². The van der Waals surface area contributed by atoms with E-state index in [2.05, 4.69) is 24.8 Å². The summed E-state index contributed by atoms with van der Waals surface area (Å²) >= 11 is 2.97. The van der Waals surface area contributed by atoms with Gasteiger partial charge >= 0.3 is 15.6 Å². The van der Waals surface area contributed by atoms with Gasteiger partial charge in [0.15, 0.2) is 11.5 Å². The van der Waals surface area contributed by atoms with E-state index in [4.69, 9.17) is 0 Å². The van der Waals surface area contributed by atoms with Crippen molar-refractivity contribution in [2.45, 2.75) is 5.51 Å². The summed E-state index contributed by atoms with van der Waals surface area (Å²) in [5.74, 6) is -0.666. The summed E-state index contributed by atoms with van der Waals surface area (Å²) in [6.07, 6.45) is 0. The van der Waals surface area contributed by atoms with Gasteiger partial charge in [-0.25, -0.2) is 0 Å². The first kappa shape index (κ1) is 14.1. The predicted molar refractivity (Wildman–Crippen MR) is 56.3 cm³/mol. The van der Waals surface area contributed by atoms with Crippen LogP contribution < -0.4 is 8.92 Å². The van der Waals surface area contributed by atoms with Gasteiger partial charge < -0.3 is 8.92 Å². The van der Waals surface area contributed by atoms with Crippen molar-refractivity contribution in [3.8, 4) is 11.5 Å². The fraction of sp³-hybridized carbons (Fsp3) is 0.250. The molecular weight excluding hydrogens is 329 g/mol. The number of alkyl halides is 3. The normalized spacial score (nSPS) is 12.3. The molecule has 0 saturated carbocycles. The molecule has 0 aliphatic carbocycles. The molecule has 96 valence electrons. The second-order valence-electron chi connectivity index (χ2n) is 2.78. The van der Waals surface area contributed by atoms with Crippen molar-refractivity contribution < 1.29 is 30.5 Å². The summed E-state index contributed by atoms with van der Waals surface area (Å²) in [5.41, 5.74) is -5.49. The zero-order valence-electron chi connectivity index (χ0n) is 8.29. The first-order valence-corrected chi connectivity index (χ1v) is 6.22. The van der Waals surface area contributed by atoms with Gasteiger partial charge in [-0.3, -0.25) is 0 Å². The minimum absolute atomic E-state index is 0.124. The highest BCUT2D eigenvalue weighted by Gasteiger charge is 2.48. The first-order chi connectivity index (χ1) is 7.67. The molecule has 17 heavy (non-hydrogen) atoms. The largest absolute Gasteiger partial charge is 0.534 e. The molecule has 4 nitrogen and oxygen atoms in total. The molecule has 0 bridgehead atoms. The van der Waals surface area contributed by atoms with Crippen LogP contribution in [0.15, 0.2) is 22.7 Å². The molecule has 0 spiro atoms. The van der Waals surface area contributed by atoms with Crippen LogP contribution in [0.25, 0.3) is 0 Å². The van der Waals surface area contributed by atoms with Crippen molar-refractivity contribution in [3.63, 3.8) is 0 Å². The van der Waals surface area contributed by atoms with Gasteiger partial charge in [-0.05, 0) is 18.2 Å². The van der Waals surface area contributed by atoms with Gasteiger partial charge in [0.25, 0.3) is 0 Å². The molecule has 0 atom stereocenters. The molecule has 0 radical (unpaired) electrons. The summed E-state index contributed by atoms with van der Waals surface area (Å²) in [5, 5.41) is 0. The lowest BCUT2D eigenvalue weighted by Gasteiger charge is -2.12. The highest BCUT2D eigenvalue weighted by molar-refractivity contribution is 9.10. The van der Waals surface area contributed by atoms with Gasteiger partial charge in [-0.15, -0.1) is 0 Å². The Labute approximate surface area is 104 Å². The molecule has 0 amide bonds. The van der Waals surface area contributed by atoms with E-state index in [1.807, 2.05) is 0 Å². The van der Waals surface area contributed by atoms with Crippen LogP contribution in [0.3, 0.4) is 0 Å². The van der Waals surface area contributed by atoms with Crippen LogP contribution in [-0.4, -0.2) is 21.0 Å². The fourth-order valence-corrected chi connectivity index (χ4v) is 1.68. The Bertz CT molecular complexity index is 512. The van der Waals surface area contributed by atoms with E-state index in [0.29, 0.717) is 4.47 Å². The maximum Gasteiger partial charge on any atom is 0.534 e. The maximum absolute atomic E-state index is 12.1. The number of benzene rings is 1. The Hall–Kier alpha value is -0.960. The minimum atomic E-state index is -5.70. The quantitative estimate of drug-likeness (QED) is 0.630. The maximum atomic E-state index is 12.1. The third kappa shape index (κ3) is 3.25. The number of hydrogen-bond donors (Lipinski definition) is 0. The van der Waals surface area contributed by atoms with Crippen LogP contribution in [0.1, 0.15) is 0 Å². The van der Waals surface area contributed by atoms with E-state index >= 15 is 0 Å². The number of halogens is 4. The average molecular weight is 335 g/mol. The Balaban J connectivity index is 3.16. The average Bonchev–Trinajstić information content (AvgIpc) is 2.15. The topological polar surface area (TPSA) is 52.6 Å². The number of ether oxygens (including phenoxy) is 1. The number of methoxy groups -OCH3 is 1. The van der Waals surface area contributed by atoms with E-state index in [1.165, 1.54) is 19.2 Å². The van der Waals surface area contributed by atoms with Gasteiger partial charge in [-0.1, -0.05) is 15.9 Å². The molecule has 0 aliphatic heterocycles. The zero-order valence-corrected chi connectivity index (χ0v) is 10.7. The van der Waals surface area contributed by atoms with E-state index in [1.54, 1.807) is 0 Å². The zero-order chi connectivity index (χ0) is 13.3. The third-order valence-electron chi connectivity index (χ3n) is 1.61. The molecule has 0 heterocycles. The molecule has 1 aromatic rings. The van der Waals surface area contributed by atoms with E-state index in [-0.39, 0.29) is 5.75 Å². The number of rotatable bonds is 3. The van der Waals surface area contributed by atoms with Crippen molar-refractivity contribution in [2.75, 3.05) is 7.11 Å². The van der Waals surface area contributed by atoms with Crippen molar-refractivity contribution in [1.29, 1.82) is 0 Å². The summed E-state index contributed by atoms with van der Waals surface area (Å²) in [6.45, 7) is 0.